The second-order valence-corrected chi connectivity index (χ2v) is 4.03. The van der Waals surface area contributed by atoms with E-state index in [-0.39, 0.29) is 5.91 Å². The molecule has 2 rings (SSSR count). The number of anilines is 3. The Hall–Kier alpha value is -2.93. The number of nitrogen functional groups attached to an aromatic ring is 2. The van der Waals surface area contributed by atoms with Crippen LogP contribution in [0.2, 0.25) is 0 Å². The molecule has 0 unspecified atom stereocenters. The number of nitrogens with one attached hydrogen (secondary N) is 1. The smallest absolute Gasteiger partial charge is 0.257 e. The molecule has 0 aliphatic heterocycles. The predicted octanol–water partition coefficient (Wildman–Crippen LogP) is 2.08. The molecule has 0 fully saturated rings. The van der Waals surface area contributed by atoms with Gasteiger partial charge in [-0.15, -0.1) is 6.42 Å². The van der Waals surface area contributed by atoms with Crippen molar-refractivity contribution in [2.75, 3.05) is 16.8 Å². The first-order chi connectivity index (χ1) is 9.10. The Morgan fingerprint density at radius 1 is 1.16 bits per heavy atom. The van der Waals surface area contributed by atoms with Crippen molar-refractivity contribution in [1.82, 2.24) is 0 Å². The maximum absolute atomic E-state index is 12.1. The van der Waals surface area contributed by atoms with Gasteiger partial charge in [0, 0.05) is 22.6 Å². The van der Waals surface area contributed by atoms with E-state index in [1.54, 1.807) is 42.5 Å². The Balaban J connectivity index is 2.23. The van der Waals surface area contributed by atoms with Gasteiger partial charge >= 0.3 is 0 Å². The van der Waals surface area contributed by atoms with Crippen molar-refractivity contribution in [2.45, 2.75) is 0 Å². The highest BCUT2D eigenvalue weighted by Crippen LogP contribution is 2.18. The Bertz CT molecular complexity index is 671. The zero-order valence-corrected chi connectivity index (χ0v) is 10.2. The lowest BCUT2D eigenvalue weighted by atomic mass is 10.1. The van der Waals surface area contributed by atoms with Crippen LogP contribution in [-0.4, -0.2) is 5.91 Å². The third-order valence-corrected chi connectivity index (χ3v) is 2.61. The average molecular weight is 251 g/mol. The standard InChI is InChI=1S/C15H13N3O/c1-2-10-4-3-5-12(8-10)18-15(19)13-7-6-11(16)9-14(13)17/h1,3-9H,16-17H2,(H,18,19). The molecule has 0 spiro atoms. The minimum atomic E-state index is -0.299. The van der Waals surface area contributed by atoms with E-state index < -0.39 is 0 Å². The molecule has 0 atom stereocenters. The molecular weight excluding hydrogens is 238 g/mol. The molecule has 0 radical (unpaired) electrons. The van der Waals surface area contributed by atoms with Gasteiger partial charge in [-0.2, -0.15) is 0 Å². The lowest BCUT2D eigenvalue weighted by Gasteiger charge is -2.08. The van der Waals surface area contributed by atoms with Crippen LogP contribution in [0.5, 0.6) is 0 Å². The highest BCUT2D eigenvalue weighted by Gasteiger charge is 2.10. The molecule has 4 heteroatoms. The summed E-state index contributed by atoms with van der Waals surface area (Å²) < 4.78 is 0. The fourth-order valence-corrected chi connectivity index (χ4v) is 1.67. The first-order valence-electron chi connectivity index (χ1n) is 5.63. The van der Waals surface area contributed by atoms with E-state index >= 15 is 0 Å². The molecule has 94 valence electrons. The predicted molar refractivity (Wildman–Crippen MR) is 77.6 cm³/mol. The molecule has 0 aromatic heterocycles. The van der Waals surface area contributed by atoms with E-state index in [1.165, 1.54) is 0 Å². The second-order valence-electron chi connectivity index (χ2n) is 4.03. The van der Waals surface area contributed by atoms with Crippen LogP contribution in [0.25, 0.3) is 0 Å². The quantitative estimate of drug-likeness (QED) is 0.564. The Morgan fingerprint density at radius 2 is 1.95 bits per heavy atom. The van der Waals surface area contributed by atoms with Crippen molar-refractivity contribution in [3.63, 3.8) is 0 Å². The van der Waals surface area contributed by atoms with Crippen LogP contribution in [0.3, 0.4) is 0 Å². The summed E-state index contributed by atoms with van der Waals surface area (Å²) in [7, 11) is 0. The number of carbonyl (C=O) groups excluding carboxylic acids is 1. The minimum Gasteiger partial charge on any atom is -0.399 e. The highest BCUT2D eigenvalue weighted by atomic mass is 16.1. The summed E-state index contributed by atoms with van der Waals surface area (Å²) in [6.45, 7) is 0. The van der Waals surface area contributed by atoms with Crippen molar-refractivity contribution < 1.29 is 4.79 Å². The normalized spacial score (nSPS) is 9.63. The first kappa shape index (κ1) is 12.5. The van der Waals surface area contributed by atoms with E-state index in [2.05, 4.69) is 11.2 Å². The number of hydrogen-bond acceptors (Lipinski definition) is 3. The first-order valence-corrected chi connectivity index (χ1v) is 5.63. The van der Waals surface area contributed by atoms with Gasteiger partial charge in [-0.25, -0.2) is 0 Å². The average Bonchev–Trinajstić information content (AvgIpc) is 2.38. The van der Waals surface area contributed by atoms with Gasteiger partial charge < -0.3 is 16.8 Å². The summed E-state index contributed by atoms with van der Waals surface area (Å²) in [6, 6.07) is 11.8. The highest BCUT2D eigenvalue weighted by molar-refractivity contribution is 6.08. The molecule has 4 nitrogen and oxygen atoms in total. The van der Waals surface area contributed by atoms with Crippen molar-refractivity contribution in [1.29, 1.82) is 0 Å². The summed E-state index contributed by atoms with van der Waals surface area (Å²) >= 11 is 0. The molecular formula is C15H13N3O. The van der Waals surface area contributed by atoms with Crippen molar-refractivity contribution in [3.05, 3.63) is 53.6 Å². The monoisotopic (exact) mass is 251 g/mol. The third-order valence-electron chi connectivity index (χ3n) is 2.61. The number of rotatable bonds is 2. The van der Waals surface area contributed by atoms with Crippen LogP contribution in [0.15, 0.2) is 42.5 Å². The lowest BCUT2D eigenvalue weighted by Crippen LogP contribution is -2.14. The molecule has 0 bridgehead atoms. The maximum atomic E-state index is 12.1. The number of amides is 1. The van der Waals surface area contributed by atoms with Crippen LogP contribution in [-0.2, 0) is 0 Å². The van der Waals surface area contributed by atoms with Gasteiger partial charge in [-0.3, -0.25) is 4.79 Å². The van der Waals surface area contributed by atoms with Crippen LogP contribution >= 0.6 is 0 Å². The number of benzene rings is 2. The van der Waals surface area contributed by atoms with Gasteiger partial charge in [-0.05, 0) is 36.4 Å². The molecule has 0 aliphatic carbocycles. The zero-order valence-electron chi connectivity index (χ0n) is 10.2. The summed E-state index contributed by atoms with van der Waals surface area (Å²) in [5.74, 6) is 2.21. The Labute approximate surface area is 111 Å². The molecule has 2 aromatic rings. The van der Waals surface area contributed by atoms with Gasteiger partial charge in [-0.1, -0.05) is 12.0 Å². The number of hydrogen-bond donors (Lipinski definition) is 3. The van der Waals surface area contributed by atoms with Crippen LogP contribution < -0.4 is 16.8 Å². The van der Waals surface area contributed by atoms with Gasteiger partial charge in [0.05, 0.1) is 5.56 Å². The minimum absolute atomic E-state index is 0.299. The van der Waals surface area contributed by atoms with E-state index in [0.29, 0.717) is 28.2 Å². The molecule has 2 aromatic carbocycles. The Kier molecular flexibility index (Phi) is 3.39. The van der Waals surface area contributed by atoms with Crippen LogP contribution in [0, 0.1) is 12.3 Å². The van der Waals surface area contributed by atoms with Crippen LogP contribution in [0.4, 0.5) is 17.1 Å². The van der Waals surface area contributed by atoms with Gasteiger partial charge in [0.25, 0.3) is 5.91 Å². The molecule has 19 heavy (non-hydrogen) atoms. The zero-order chi connectivity index (χ0) is 13.8. The number of carbonyl (C=O) groups is 1. The van der Waals surface area contributed by atoms with E-state index in [9.17, 15) is 4.79 Å². The summed E-state index contributed by atoms with van der Waals surface area (Å²) in [5, 5.41) is 2.74. The van der Waals surface area contributed by atoms with E-state index in [1.807, 2.05) is 0 Å². The van der Waals surface area contributed by atoms with Crippen LogP contribution in [0.1, 0.15) is 15.9 Å². The molecule has 1 amide bonds. The van der Waals surface area contributed by atoms with Crippen molar-refractivity contribution >= 4 is 23.0 Å². The number of terminal acetylenes is 1. The fraction of sp³-hybridized carbons (Fsp3) is 0. The van der Waals surface area contributed by atoms with Crippen molar-refractivity contribution in [2.24, 2.45) is 0 Å². The summed E-state index contributed by atoms with van der Waals surface area (Å²) in [5.41, 5.74) is 13.9. The second kappa shape index (κ2) is 5.15. The van der Waals surface area contributed by atoms with Gasteiger partial charge in [0.2, 0.25) is 0 Å². The van der Waals surface area contributed by atoms with Gasteiger partial charge in [0.15, 0.2) is 0 Å². The largest absolute Gasteiger partial charge is 0.399 e. The van der Waals surface area contributed by atoms with E-state index in [4.69, 9.17) is 17.9 Å². The topological polar surface area (TPSA) is 81.1 Å². The molecule has 0 aliphatic rings. The SMILES string of the molecule is C#Cc1cccc(NC(=O)c2ccc(N)cc2N)c1. The van der Waals surface area contributed by atoms with Crippen molar-refractivity contribution in [3.8, 4) is 12.3 Å². The third kappa shape index (κ3) is 2.85. The summed E-state index contributed by atoms with van der Waals surface area (Å²) in [4.78, 5) is 12.1. The lowest BCUT2D eigenvalue weighted by molar-refractivity contribution is 0.102. The van der Waals surface area contributed by atoms with Gasteiger partial charge in [0.1, 0.15) is 0 Å². The molecule has 0 saturated heterocycles. The summed E-state index contributed by atoms with van der Waals surface area (Å²) in [6.07, 6.45) is 5.30. The Morgan fingerprint density at radius 3 is 2.63 bits per heavy atom. The molecule has 0 heterocycles. The fourth-order valence-electron chi connectivity index (χ4n) is 1.67. The number of nitrogens with two attached hydrogens (primary N) is 2. The maximum Gasteiger partial charge on any atom is 0.257 e. The molecule has 0 saturated carbocycles. The van der Waals surface area contributed by atoms with E-state index in [0.717, 1.165) is 0 Å². The molecule has 5 N–H and O–H groups in total.